The van der Waals surface area contributed by atoms with E-state index < -0.39 is 0 Å². The number of hydrogen-bond acceptors (Lipinski definition) is 3. The molecule has 1 heterocycles. The van der Waals surface area contributed by atoms with Gasteiger partial charge in [0.1, 0.15) is 11.8 Å². The third-order valence-corrected chi connectivity index (χ3v) is 4.80. The standard InChI is InChI=1S/C14H18ClNO2/c1-13(2)10(14(13,3)4)12(17)18-8-9-6-5-7-16-11(9)15/h5-7,10H,8H2,1-4H3. The van der Waals surface area contributed by atoms with E-state index >= 15 is 0 Å². The van der Waals surface area contributed by atoms with Crippen LogP contribution in [-0.4, -0.2) is 11.0 Å². The Morgan fingerprint density at radius 3 is 2.50 bits per heavy atom. The van der Waals surface area contributed by atoms with Crippen LogP contribution in [0.3, 0.4) is 0 Å². The SMILES string of the molecule is CC1(C)C(C(=O)OCc2cccnc2Cl)C1(C)C. The highest BCUT2D eigenvalue weighted by Gasteiger charge is 2.69. The van der Waals surface area contributed by atoms with Crippen molar-refractivity contribution in [3.8, 4) is 0 Å². The Hall–Kier alpha value is -1.09. The summed E-state index contributed by atoms with van der Waals surface area (Å²) in [4.78, 5) is 16.0. The minimum atomic E-state index is -0.148. The third-order valence-electron chi connectivity index (χ3n) is 4.46. The van der Waals surface area contributed by atoms with Crippen molar-refractivity contribution in [1.82, 2.24) is 4.98 Å². The third kappa shape index (κ3) is 2.01. The Morgan fingerprint density at radius 2 is 2.00 bits per heavy atom. The van der Waals surface area contributed by atoms with Crippen molar-refractivity contribution in [1.29, 1.82) is 0 Å². The molecule has 1 aromatic heterocycles. The summed E-state index contributed by atoms with van der Waals surface area (Å²) < 4.78 is 5.34. The number of hydrogen-bond donors (Lipinski definition) is 0. The molecule has 0 aliphatic heterocycles. The summed E-state index contributed by atoms with van der Waals surface area (Å²) in [7, 11) is 0. The van der Waals surface area contributed by atoms with Crippen molar-refractivity contribution in [2.24, 2.45) is 16.7 Å². The van der Waals surface area contributed by atoms with Crippen molar-refractivity contribution < 1.29 is 9.53 Å². The average molecular weight is 268 g/mol. The van der Waals surface area contributed by atoms with Gasteiger partial charge in [-0.2, -0.15) is 0 Å². The molecule has 1 saturated carbocycles. The van der Waals surface area contributed by atoms with Crippen LogP contribution in [-0.2, 0) is 16.1 Å². The molecule has 0 saturated heterocycles. The molecule has 0 bridgehead atoms. The second-order valence-electron chi connectivity index (χ2n) is 5.94. The fourth-order valence-corrected chi connectivity index (χ4v) is 2.72. The fourth-order valence-electron chi connectivity index (χ4n) is 2.54. The molecule has 2 rings (SSSR count). The summed E-state index contributed by atoms with van der Waals surface area (Å²) in [6.45, 7) is 8.56. The highest BCUT2D eigenvalue weighted by molar-refractivity contribution is 6.30. The molecule has 0 atom stereocenters. The van der Waals surface area contributed by atoms with Gasteiger partial charge in [-0.3, -0.25) is 4.79 Å². The van der Waals surface area contributed by atoms with Crippen LogP contribution in [0.4, 0.5) is 0 Å². The molecule has 0 amide bonds. The van der Waals surface area contributed by atoms with E-state index in [2.05, 4.69) is 32.7 Å². The monoisotopic (exact) mass is 267 g/mol. The van der Waals surface area contributed by atoms with Gasteiger partial charge in [0.2, 0.25) is 0 Å². The van der Waals surface area contributed by atoms with Crippen LogP contribution < -0.4 is 0 Å². The van der Waals surface area contributed by atoms with E-state index in [-0.39, 0.29) is 29.3 Å². The van der Waals surface area contributed by atoms with Gasteiger partial charge in [0.15, 0.2) is 0 Å². The maximum Gasteiger partial charge on any atom is 0.310 e. The van der Waals surface area contributed by atoms with E-state index in [0.717, 1.165) is 5.56 Å². The topological polar surface area (TPSA) is 39.2 Å². The molecule has 1 fully saturated rings. The fraction of sp³-hybridized carbons (Fsp3) is 0.571. The largest absolute Gasteiger partial charge is 0.460 e. The second kappa shape index (κ2) is 4.23. The van der Waals surface area contributed by atoms with Crippen molar-refractivity contribution in [3.63, 3.8) is 0 Å². The molecule has 0 unspecified atom stereocenters. The minimum absolute atomic E-state index is 0.00279. The molecule has 0 N–H and O–H groups in total. The summed E-state index contributed by atoms with van der Waals surface area (Å²) in [6.07, 6.45) is 1.61. The van der Waals surface area contributed by atoms with Crippen molar-refractivity contribution in [2.75, 3.05) is 0 Å². The van der Waals surface area contributed by atoms with Crippen LogP contribution in [0.5, 0.6) is 0 Å². The van der Waals surface area contributed by atoms with E-state index in [4.69, 9.17) is 16.3 Å². The van der Waals surface area contributed by atoms with Gasteiger partial charge in [-0.05, 0) is 16.9 Å². The minimum Gasteiger partial charge on any atom is -0.460 e. The maximum atomic E-state index is 12.0. The van der Waals surface area contributed by atoms with E-state index in [1.165, 1.54) is 0 Å². The van der Waals surface area contributed by atoms with E-state index in [1.54, 1.807) is 12.3 Å². The molecule has 1 aromatic rings. The number of halogens is 1. The Bertz CT molecular complexity index is 468. The van der Waals surface area contributed by atoms with Crippen molar-refractivity contribution in [2.45, 2.75) is 34.3 Å². The lowest BCUT2D eigenvalue weighted by Gasteiger charge is -2.06. The van der Waals surface area contributed by atoms with Gasteiger partial charge in [-0.15, -0.1) is 0 Å². The molecule has 4 heteroatoms. The number of carbonyl (C=O) groups excluding carboxylic acids is 1. The lowest BCUT2D eigenvalue weighted by atomic mass is 10.0. The number of esters is 1. The summed E-state index contributed by atoms with van der Waals surface area (Å²) in [6, 6.07) is 3.59. The van der Waals surface area contributed by atoms with Crippen LogP contribution >= 0.6 is 11.6 Å². The molecule has 1 aliphatic rings. The highest BCUT2D eigenvalue weighted by atomic mass is 35.5. The molecular weight excluding hydrogens is 250 g/mol. The van der Waals surface area contributed by atoms with Crippen LogP contribution in [0.2, 0.25) is 5.15 Å². The molecule has 0 aromatic carbocycles. The summed E-state index contributed by atoms with van der Waals surface area (Å²) in [5, 5.41) is 0.389. The van der Waals surface area contributed by atoms with Crippen molar-refractivity contribution in [3.05, 3.63) is 29.0 Å². The molecule has 18 heavy (non-hydrogen) atoms. The predicted octanol–water partition coefficient (Wildman–Crippen LogP) is 3.46. The zero-order valence-corrected chi connectivity index (χ0v) is 11.9. The maximum absolute atomic E-state index is 12.0. The first-order valence-corrected chi connectivity index (χ1v) is 6.42. The smallest absolute Gasteiger partial charge is 0.310 e. The molecule has 98 valence electrons. The Morgan fingerprint density at radius 1 is 1.39 bits per heavy atom. The van der Waals surface area contributed by atoms with Gasteiger partial charge in [0, 0.05) is 11.8 Å². The van der Waals surface area contributed by atoms with Gasteiger partial charge >= 0.3 is 5.97 Å². The molecule has 3 nitrogen and oxygen atoms in total. The summed E-state index contributed by atoms with van der Waals surface area (Å²) >= 11 is 5.91. The number of ether oxygens (including phenoxy) is 1. The van der Waals surface area contributed by atoms with E-state index in [1.807, 2.05) is 6.07 Å². The lowest BCUT2D eigenvalue weighted by molar-refractivity contribution is -0.148. The number of aromatic nitrogens is 1. The highest BCUT2D eigenvalue weighted by Crippen LogP contribution is 2.68. The zero-order valence-electron chi connectivity index (χ0n) is 11.2. The molecular formula is C14H18ClNO2. The zero-order chi connectivity index (χ0) is 13.6. The van der Waals surface area contributed by atoms with Crippen LogP contribution in [0.25, 0.3) is 0 Å². The second-order valence-corrected chi connectivity index (χ2v) is 6.30. The number of nitrogens with zero attached hydrogens (tertiary/aromatic N) is 1. The first-order valence-electron chi connectivity index (χ1n) is 6.04. The van der Waals surface area contributed by atoms with Gasteiger partial charge < -0.3 is 4.74 Å². The van der Waals surface area contributed by atoms with Crippen molar-refractivity contribution >= 4 is 17.6 Å². The Balaban J connectivity index is 1.97. The predicted molar refractivity (Wildman–Crippen MR) is 70.1 cm³/mol. The summed E-state index contributed by atoms with van der Waals surface area (Å²) in [5.74, 6) is -0.189. The molecule has 0 spiro atoms. The van der Waals surface area contributed by atoms with Gasteiger partial charge in [-0.25, -0.2) is 4.98 Å². The first-order chi connectivity index (χ1) is 8.28. The van der Waals surface area contributed by atoms with E-state index in [0.29, 0.717) is 5.15 Å². The number of pyridine rings is 1. The summed E-state index contributed by atoms with van der Waals surface area (Å²) in [5.41, 5.74) is 0.745. The number of rotatable bonds is 3. The molecule has 1 aliphatic carbocycles. The lowest BCUT2D eigenvalue weighted by Crippen LogP contribution is -2.11. The number of carbonyl (C=O) groups is 1. The normalized spacial score (nSPS) is 20.5. The first kappa shape index (κ1) is 13.3. The van der Waals surface area contributed by atoms with Crippen LogP contribution in [0.1, 0.15) is 33.3 Å². The van der Waals surface area contributed by atoms with E-state index in [9.17, 15) is 4.79 Å². The Kier molecular flexibility index (Phi) is 3.14. The van der Waals surface area contributed by atoms with Gasteiger partial charge in [0.05, 0.1) is 5.92 Å². The average Bonchev–Trinajstić information content (AvgIpc) is 2.68. The molecule has 0 radical (unpaired) electrons. The quantitative estimate of drug-likeness (QED) is 0.622. The van der Waals surface area contributed by atoms with Crippen LogP contribution in [0, 0.1) is 16.7 Å². The van der Waals surface area contributed by atoms with Gasteiger partial charge in [0.25, 0.3) is 0 Å². The van der Waals surface area contributed by atoms with Gasteiger partial charge in [-0.1, -0.05) is 45.4 Å². The Labute approximate surface area is 113 Å². The van der Waals surface area contributed by atoms with Crippen LogP contribution in [0.15, 0.2) is 18.3 Å².